The lowest BCUT2D eigenvalue weighted by molar-refractivity contribution is 0.552. The standard InChI is InChI=1S/C6H5N3O2/c1-3-4-5(8-2-7-3)9-6(10)11-4/h2H,1H3,(H,7,8,9,10). The highest BCUT2D eigenvalue weighted by Gasteiger charge is 2.03. The fraction of sp³-hybridized carbons (Fsp3) is 0.167. The molecule has 0 aliphatic heterocycles. The highest BCUT2D eigenvalue weighted by atomic mass is 16.4. The maximum absolute atomic E-state index is 10.7. The summed E-state index contributed by atoms with van der Waals surface area (Å²) in [5.74, 6) is -0.497. The second-order valence-electron chi connectivity index (χ2n) is 2.15. The molecule has 2 aromatic rings. The van der Waals surface area contributed by atoms with E-state index in [1.807, 2.05) is 0 Å². The Bertz CT molecular complexity index is 442. The molecule has 0 saturated heterocycles. The molecule has 2 rings (SSSR count). The monoisotopic (exact) mass is 151 g/mol. The second-order valence-corrected chi connectivity index (χ2v) is 2.15. The van der Waals surface area contributed by atoms with Crippen LogP contribution in [0, 0.1) is 6.92 Å². The van der Waals surface area contributed by atoms with Gasteiger partial charge in [0.05, 0.1) is 5.69 Å². The molecule has 5 heteroatoms. The lowest BCUT2D eigenvalue weighted by atomic mass is 10.4. The van der Waals surface area contributed by atoms with Crippen LogP contribution in [0.25, 0.3) is 11.2 Å². The number of H-pyrrole nitrogens is 1. The quantitative estimate of drug-likeness (QED) is 0.584. The van der Waals surface area contributed by atoms with Crippen molar-refractivity contribution in [2.24, 2.45) is 0 Å². The molecule has 1 N–H and O–H groups in total. The maximum atomic E-state index is 10.7. The lowest BCUT2D eigenvalue weighted by Gasteiger charge is -1.87. The average Bonchev–Trinajstić information content (AvgIpc) is 2.31. The molecular weight excluding hydrogens is 146 g/mol. The van der Waals surface area contributed by atoms with Crippen LogP contribution in [0.3, 0.4) is 0 Å². The Labute approximate surface area is 61.1 Å². The van der Waals surface area contributed by atoms with Gasteiger partial charge in [-0.15, -0.1) is 0 Å². The molecule has 0 spiro atoms. The molecule has 11 heavy (non-hydrogen) atoms. The summed E-state index contributed by atoms with van der Waals surface area (Å²) in [6, 6.07) is 0. The van der Waals surface area contributed by atoms with Crippen molar-refractivity contribution in [1.82, 2.24) is 15.0 Å². The zero-order valence-electron chi connectivity index (χ0n) is 5.79. The molecule has 2 heterocycles. The van der Waals surface area contributed by atoms with Crippen LogP contribution >= 0.6 is 0 Å². The normalized spacial score (nSPS) is 10.6. The predicted molar refractivity (Wildman–Crippen MR) is 37.2 cm³/mol. The Hall–Kier alpha value is -1.65. The van der Waals surface area contributed by atoms with Crippen molar-refractivity contribution in [2.75, 3.05) is 0 Å². The number of hydrogen-bond donors (Lipinski definition) is 1. The van der Waals surface area contributed by atoms with E-state index < -0.39 is 5.76 Å². The van der Waals surface area contributed by atoms with Gasteiger partial charge in [-0.2, -0.15) is 0 Å². The van der Waals surface area contributed by atoms with E-state index in [0.29, 0.717) is 16.9 Å². The van der Waals surface area contributed by atoms with Crippen LogP contribution in [0.4, 0.5) is 0 Å². The van der Waals surface area contributed by atoms with Gasteiger partial charge in [-0.1, -0.05) is 0 Å². The molecule has 2 aromatic heterocycles. The molecule has 0 amide bonds. The highest BCUT2D eigenvalue weighted by Crippen LogP contribution is 2.07. The van der Waals surface area contributed by atoms with Gasteiger partial charge in [-0.25, -0.2) is 14.8 Å². The summed E-state index contributed by atoms with van der Waals surface area (Å²) >= 11 is 0. The Morgan fingerprint density at radius 2 is 2.36 bits per heavy atom. The number of hydrogen-bond acceptors (Lipinski definition) is 4. The molecule has 0 unspecified atom stereocenters. The number of rotatable bonds is 0. The van der Waals surface area contributed by atoms with Crippen molar-refractivity contribution >= 4 is 11.2 Å². The average molecular weight is 151 g/mol. The van der Waals surface area contributed by atoms with E-state index in [1.165, 1.54) is 6.33 Å². The summed E-state index contributed by atoms with van der Waals surface area (Å²) in [4.78, 5) is 20.7. The highest BCUT2D eigenvalue weighted by molar-refractivity contribution is 5.68. The van der Waals surface area contributed by atoms with Gasteiger partial charge in [0.1, 0.15) is 6.33 Å². The molecule has 0 fully saturated rings. The van der Waals surface area contributed by atoms with Crippen LogP contribution in [0.15, 0.2) is 15.5 Å². The smallest absolute Gasteiger partial charge is 0.404 e. The number of aryl methyl sites for hydroxylation is 1. The number of fused-ring (bicyclic) bond motifs is 1. The van der Waals surface area contributed by atoms with Crippen LogP contribution in [0.1, 0.15) is 5.69 Å². The van der Waals surface area contributed by atoms with Crippen molar-refractivity contribution in [2.45, 2.75) is 6.92 Å². The third-order valence-corrected chi connectivity index (χ3v) is 1.40. The predicted octanol–water partition coefficient (Wildman–Crippen LogP) is 0.220. The number of aromatic nitrogens is 3. The molecule has 56 valence electrons. The molecule has 0 atom stereocenters. The zero-order chi connectivity index (χ0) is 7.84. The molecule has 0 aromatic carbocycles. The van der Waals surface area contributed by atoms with Crippen LogP contribution in [0.2, 0.25) is 0 Å². The van der Waals surface area contributed by atoms with Crippen LogP contribution in [0.5, 0.6) is 0 Å². The summed E-state index contributed by atoms with van der Waals surface area (Å²) in [6.45, 7) is 1.75. The Kier molecular flexibility index (Phi) is 1.06. The van der Waals surface area contributed by atoms with Crippen molar-refractivity contribution in [3.05, 3.63) is 22.6 Å². The topological polar surface area (TPSA) is 71.8 Å². The number of nitrogens with zero attached hydrogens (tertiary/aromatic N) is 2. The van der Waals surface area contributed by atoms with E-state index in [4.69, 9.17) is 4.42 Å². The van der Waals surface area contributed by atoms with Gasteiger partial charge >= 0.3 is 5.76 Å². The molecule has 0 radical (unpaired) electrons. The van der Waals surface area contributed by atoms with Gasteiger partial charge in [0, 0.05) is 0 Å². The first-order chi connectivity index (χ1) is 5.27. The van der Waals surface area contributed by atoms with E-state index >= 15 is 0 Å². The Balaban J connectivity index is 3.01. The summed E-state index contributed by atoms with van der Waals surface area (Å²) in [7, 11) is 0. The number of aromatic amines is 1. The number of oxazole rings is 1. The molecule has 0 aliphatic carbocycles. The largest absolute Gasteiger partial charge is 0.418 e. The van der Waals surface area contributed by atoms with Gasteiger partial charge < -0.3 is 4.42 Å². The minimum Gasteiger partial charge on any atom is -0.404 e. The van der Waals surface area contributed by atoms with E-state index in [1.54, 1.807) is 6.92 Å². The van der Waals surface area contributed by atoms with Crippen molar-refractivity contribution < 1.29 is 4.42 Å². The summed E-state index contributed by atoms with van der Waals surface area (Å²) in [5.41, 5.74) is 1.54. The lowest BCUT2D eigenvalue weighted by Crippen LogP contribution is -1.93. The van der Waals surface area contributed by atoms with E-state index in [2.05, 4.69) is 15.0 Å². The van der Waals surface area contributed by atoms with Gasteiger partial charge in [0.25, 0.3) is 0 Å². The van der Waals surface area contributed by atoms with Crippen molar-refractivity contribution in [3.8, 4) is 0 Å². The first kappa shape index (κ1) is 6.09. The van der Waals surface area contributed by atoms with E-state index in [-0.39, 0.29) is 0 Å². The van der Waals surface area contributed by atoms with E-state index in [0.717, 1.165) is 0 Å². The van der Waals surface area contributed by atoms with Crippen molar-refractivity contribution in [3.63, 3.8) is 0 Å². The van der Waals surface area contributed by atoms with Crippen LogP contribution < -0.4 is 5.76 Å². The minimum absolute atomic E-state index is 0.428. The Morgan fingerprint density at radius 1 is 1.55 bits per heavy atom. The summed E-state index contributed by atoms with van der Waals surface area (Å²) < 4.78 is 4.76. The van der Waals surface area contributed by atoms with E-state index in [9.17, 15) is 4.79 Å². The molecule has 0 saturated carbocycles. The van der Waals surface area contributed by atoms with Crippen molar-refractivity contribution in [1.29, 1.82) is 0 Å². The summed E-state index contributed by atoms with van der Waals surface area (Å²) in [5, 5.41) is 0. The fourth-order valence-electron chi connectivity index (χ4n) is 0.888. The molecule has 5 nitrogen and oxygen atoms in total. The van der Waals surface area contributed by atoms with Gasteiger partial charge in [0.15, 0.2) is 11.2 Å². The third-order valence-electron chi connectivity index (χ3n) is 1.40. The first-order valence-electron chi connectivity index (χ1n) is 3.08. The summed E-state index contributed by atoms with van der Waals surface area (Å²) in [6.07, 6.45) is 1.38. The van der Waals surface area contributed by atoms with Gasteiger partial charge in [-0.3, -0.25) is 4.98 Å². The van der Waals surface area contributed by atoms with Gasteiger partial charge in [-0.05, 0) is 6.92 Å². The molecule has 0 bridgehead atoms. The number of nitrogens with one attached hydrogen (secondary N) is 1. The first-order valence-corrected chi connectivity index (χ1v) is 3.08. The third kappa shape index (κ3) is 0.813. The van der Waals surface area contributed by atoms with Gasteiger partial charge in [0.2, 0.25) is 0 Å². The SMILES string of the molecule is Cc1ncnc2[nH]c(=O)oc12. The second kappa shape index (κ2) is 1.91. The molecule has 0 aliphatic rings. The minimum atomic E-state index is -0.497. The van der Waals surface area contributed by atoms with Crippen LogP contribution in [-0.2, 0) is 0 Å². The fourth-order valence-corrected chi connectivity index (χ4v) is 0.888. The maximum Gasteiger partial charge on any atom is 0.418 e. The molecular formula is C6H5N3O2. The van der Waals surface area contributed by atoms with Crippen LogP contribution in [-0.4, -0.2) is 15.0 Å². The Morgan fingerprint density at radius 3 is 3.09 bits per heavy atom. The zero-order valence-corrected chi connectivity index (χ0v) is 5.79.